The number of benzene rings is 1. The molecule has 0 aromatic heterocycles. The molecule has 0 radical (unpaired) electrons. The molecule has 0 spiro atoms. The maximum absolute atomic E-state index is 11.3. The lowest BCUT2D eigenvalue weighted by Gasteiger charge is -2.06. The third-order valence-electron chi connectivity index (χ3n) is 2.03. The lowest BCUT2D eigenvalue weighted by Crippen LogP contribution is -2.12. The summed E-state index contributed by atoms with van der Waals surface area (Å²) in [6.07, 6.45) is 5.37. The zero-order valence-electron chi connectivity index (χ0n) is 9.43. The Kier molecular flexibility index (Phi) is 4.85. The monoisotopic (exact) mass is 253 g/mol. The molecule has 0 aliphatic heterocycles. The van der Waals surface area contributed by atoms with E-state index in [1.807, 2.05) is 0 Å². The third-order valence-corrected chi connectivity index (χ3v) is 3.55. The van der Waals surface area contributed by atoms with Gasteiger partial charge in [0.15, 0.2) is 9.84 Å². The molecular weight excluding hydrogens is 238 g/mol. The molecule has 1 rings (SSSR count). The first-order valence-electron chi connectivity index (χ1n) is 5.16. The van der Waals surface area contributed by atoms with Gasteiger partial charge in [0.05, 0.1) is 12.4 Å². The van der Waals surface area contributed by atoms with Crippen molar-refractivity contribution in [1.82, 2.24) is 0 Å². The van der Waals surface area contributed by atoms with Crippen LogP contribution in [0.4, 0.5) is 5.69 Å². The second-order valence-corrected chi connectivity index (χ2v) is 5.75. The number of nitrogens with two attached hydrogens (primary N) is 1. The van der Waals surface area contributed by atoms with Gasteiger partial charge < -0.3 is 10.5 Å². The topological polar surface area (TPSA) is 69.4 Å². The largest absolute Gasteiger partial charge is 0.493 e. The number of nitrogen functional groups attached to an aromatic ring is 1. The summed E-state index contributed by atoms with van der Waals surface area (Å²) in [6, 6.07) is 6.99. The molecule has 0 aliphatic carbocycles. The number of terminal acetylenes is 1. The minimum Gasteiger partial charge on any atom is -0.493 e. The van der Waals surface area contributed by atoms with Gasteiger partial charge in [-0.1, -0.05) is 12.0 Å². The number of sulfone groups is 1. The molecule has 92 valence electrons. The Morgan fingerprint density at radius 2 is 2.18 bits per heavy atom. The van der Waals surface area contributed by atoms with E-state index in [4.69, 9.17) is 16.9 Å². The van der Waals surface area contributed by atoms with Crippen molar-refractivity contribution in [3.8, 4) is 18.1 Å². The third kappa shape index (κ3) is 5.27. The van der Waals surface area contributed by atoms with Crippen LogP contribution in [-0.4, -0.2) is 26.5 Å². The minimum atomic E-state index is -3.14. The molecule has 0 aliphatic rings. The van der Waals surface area contributed by atoms with Gasteiger partial charge in [-0.25, -0.2) is 8.42 Å². The van der Waals surface area contributed by atoms with Crippen molar-refractivity contribution in [1.29, 1.82) is 0 Å². The van der Waals surface area contributed by atoms with Crippen LogP contribution in [0.1, 0.15) is 6.42 Å². The lowest BCUT2D eigenvalue weighted by atomic mass is 10.3. The number of ether oxygens (including phenoxy) is 1. The van der Waals surface area contributed by atoms with Crippen LogP contribution < -0.4 is 10.5 Å². The number of anilines is 1. The SMILES string of the molecule is C#CCS(=O)(=O)CCCOc1cccc(N)c1. The predicted molar refractivity (Wildman–Crippen MR) is 68.5 cm³/mol. The molecule has 5 heteroatoms. The molecule has 17 heavy (non-hydrogen) atoms. The molecule has 0 unspecified atom stereocenters. The molecule has 0 atom stereocenters. The van der Waals surface area contributed by atoms with E-state index in [1.54, 1.807) is 24.3 Å². The molecule has 1 aromatic rings. The van der Waals surface area contributed by atoms with E-state index < -0.39 is 9.84 Å². The van der Waals surface area contributed by atoms with Gasteiger partial charge in [-0.05, 0) is 18.6 Å². The smallest absolute Gasteiger partial charge is 0.161 e. The Morgan fingerprint density at radius 1 is 1.41 bits per heavy atom. The van der Waals surface area contributed by atoms with Crippen LogP contribution in [0.25, 0.3) is 0 Å². The molecule has 0 saturated carbocycles. The van der Waals surface area contributed by atoms with Crippen molar-refractivity contribution in [3.05, 3.63) is 24.3 Å². The zero-order chi connectivity index (χ0) is 12.7. The van der Waals surface area contributed by atoms with Crippen LogP contribution in [0.3, 0.4) is 0 Å². The fraction of sp³-hybridized carbons (Fsp3) is 0.333. The van der Waals surface area contributed by atoms with Crippen LogP contribution in [0.15, 0.2) is 24.3 Å². The standard InChI is InChI=1S/C12H15NO3S/c1-2-8-17(14,15)9-4-7-16-12-6-3-5-11(13)10-12/h1,3,5-6,10H,4,7-9,13H2. The minimum absolute atomic E-state index is 0.0412. The second-order valence-electron chi connectivity index (χ2n) is 3.57. The van der Waals surface area contributed by atoms with Gasteiger partial charge in [0.25, 0.3) is 0 Å². The second kappa shape index (κ2) is 6.16. The van der Waals surface area contributed by atoms with E-state index in [1.165, 1.54) is 0 Å². The number of hydrogen-bond donors (Lipinski definition) is 1. The Morgan fingerprint density at radius 3 is 2.82 bits per heavy atom. The van der Waals surface area contributed by atoms with E-state index in [0.717, 1.165) is 0 Å². The molecule has 4 nitrogen and oxygen atoms in total. The summed E-state index contributed by atoms with van der Waals surface area (Å²) >= 11 is 0. The summed E-state index contributed by atoms with van der Waals surface area (Å²) in [6.45, 7) is 0.327. The first-order chi connectivity index (χ1) is 8.03. The molecule has 0 bridgehead atoms. The van der Waals surface area contributed by atoms with Crippen molar-refractivity contribution in [2.75, 3.05) is 23.8 Å². The van der Waals surface area contributed by atoms with Crippen molar-refractivity contribution in [2.45, 2.75) is 6.42 Å². The first-order valence-corrected chi connectivity index (χ1v) is 6.98. The van der Waals surface area contributed by atoms with E-state index in [-0.39, 0.29) is 11.5 Å². The van der Waals surface area contributed by atoms with E-state index >= 15 is 0 Å². The van der Waals surface area contributed by atoms with Crippen LogP contribution in [0.5, 0.6) is 5.75 Å². The van der Waals surface area contributed by atoms with E-state index in [0.29, 0.717) is 24.5 Å². The van der Waals surface area contributed by atoms with E-state index in [9.17, 15) is 8.42 Å². The average Bonchev–Trinajstić information content (AvgIpc) is 2.24. The molecular formula is C12H15NO3S. The molecule has 0 amide bonds. The summed E-state index contributed by atoms with van der Waals surface area (Å²) in [7, 11) is -3.14. The van der Waals surface area contributed by atoms with Crippen molar-refractivity contribution < 1.29 is 13.2 Å². The molecule has 0 fully saturated rings. The first kappa shape index (κ1) is 13.4. The Labute approximate surface area is 102 Å². The predicted octanol–water partition coefficient (Wildman–Crippen LogP) is 1.09. The molecule has 0 saturated heterocycles. The fourth-order valence-electron chi connectivity index (χ4n) is 1.27. The summed E-state index contributed by atoms with van der Waals surface area (Å²) in [5, 5.41) is 0. The number of rotatable bonds is 6. The number of hydrogen-bond acceptors (Lipinski definition) is 4. The average molecular weight is 253 g/mol. The summed E-state index contributed by atoms with van der Waals surface area (Å²) < 4.78 is 27.9. The van der Waals surface area contributed by atoms with Crippen molar-refractivity contribution in [2.24, 2.45) is 0 Å². The summed E-state index contributed by atoms with van der Waals surface area (Å²) in [5.41, 5.74) is 6.19. The highest BCUT2D eigenvalue weighted by Crippen LogP contribution is 2.14. The maximum Gasteiger partial charge on any atom is 0.161 e. The highest BCUT2D eigenvalue weighted by Gasteiger charge is 2.08. The van der Waals surface area contributed by atoms with Crippen LogP contribution >= 0.6 is 0 Å². The van der Waals surface area contributed by atoms with Gasteiger partial charge in [0.2, 0.25) is 0 Å². The maximum atomic E-state index is 11.3. The van der Waals surface area contributed by atoms with Gasteiger partial charge in [-0.3, -0.25) is 0 Å². The van der Waals surface area contributed by atoms with Gasteiger partial charge in [-0.2, -0.15) is 0 Å². The summed E-state index contributed by atoms with van der Waals surface area (Å²) in [5.74, 6) is 2.59. The Bertz CT molecular complexity index is 503. The van der Waals surface area contributed by atoms with Gasteiger partial charge >= 0.3 is 0 Å². The normalized spacial score (nSPS) is 10.8. The molecule has 2 N–H and O–H groups in total. The van der Waals surface area contributed by atoms with Crippen LogP contribution in [0.2, 0.25) is 0 Å². The van der Waals surface area contributed by atoms with Crippen LogP contribution in [0, 0.1) is 12.3 Å². The Hall–Kier alpha value is -1.67. The molecule has 1 aromatic carbocycles. The lowest BCUT2D eigenvalue weighted by molar-refractivity contribution is 0.318. The van der Waals surface area contributed by atoms with E-state index in [2.05, 4.69) is 5.92 Å². The van der Waals surface area contributed by atoms with Gasteiger partial charge in [-0.15, -0.1) is 6.42 Å². The highest BCUT2D eigenvalue weighted by atomic mass is 32.2. The molecule has 0 heterocycles. The van der Waals surface area contributed by atoms with Crippen molar-refractivity contribution in [3.63, 3.8) is 0 Å². The zero-order valence-corrected chi connectivity index (χ0v) is 10.2. The Balaban J connectivity index is 2.32. The van der Waals surface area contributed by atoms with Gasteiger partial charge in [0, 0.05) is 11.8 Å². The quantitative estimate of drug-likeness (QED) is 0.468. The van der Waals surface area contributed by atoms with Crippen LogP contribution in [-0.2, 0) is 9.84 Å². The highest BCUT2D eigenvalue weighted by molar-refractivity contribution is 7.91. The fourth-order valence-corrected chi connectivity index (χ4v) is 2.23. The summed E-state index contributed by atoms with van der Waals surface area (Å²) in [4.78, 5) is 0. The van der Waals surface area contributed by atoms with Crippen molar-refractivity contribution >= 4 is 15.5 Å². The van der Waals surface area contributed by atoms with Gasteiger partial charge in [0.1, 0.15) is 11.5 Å².